The summed E-state index contributed by atoms with van der Waals surface area (Å²) in [5.74, 6) is 0.218. The highest BCUT2D eigenvalue weighted by atomic mass is 32.2. The highest BCUT2D eigenvalue weighted by molar-refractivity contribution is 7.84. The van der Waals surface area contributed by atoms with Crippen LogP contribution in [0.5, 0.6) is 5.75 Å². The van der Waals surface area contributed by atoms with Gasteiger partial charge < -0.3 is 4.18 Å². The summed E-state index contributed by atoms with van der Waals surface area (Å²) in [6, 6.07) is 16.7. The van der Waals surface area contributed by atoms with Crippen LogP contribution in [0.3, 0.4) is 0 Å². The van der Waals surface area contributed by atoms with Gasteiger partial charge in [-0.05, 0) is 55.7 Å². The van der Waals surface area contributed by atoms with E-state index >= 15 is 0 Å². The summed E-state index contributed by atoms with van der Waals surface area (Å²) in [6.07, 6.45) is 7.26. The zero-order valence-electron chi connectivity index (χ0n) is 17.6. The quantitative estimate of drug-likeness (QED) is 0.627. The lowest BCUT2D eigenvalue weighted by atomic mass is 9.84. The van der Waals surface area contributed by atoms with Crippen LogP contribution < -0.4 is 9.32 Å². The number of nitriles is 1. The van der Waals surface area contributed by atoms with E-state index in [1.165, 1.54) is 18.5 Å². The molecule has 1 aromatic heterocycles. The smallest absolute Gasteiger partial charge is 0.371 e. The van der Waals surface area contributed by atoms with E-state index in [-0.39, 0.29) is 5.75 Å². The van der Waals surface area contributed by atoms with Gasteiger partial charge in [-0.25, -0.2) is 9.67 Å². The third-order valence-electron chi connectivity index (χ3n) is 4.14. The van der Waals surface area contributed by atoms with Crippen LogP contribution in [-0.4, -0.2) is 23.2 Å². The molecule has 162 valence electrons. The van der Waals surface area contributed by atoms with Crippen molar-refractivity contribution in [3.05, 3.63) is 84.0 Å². The number of hydrogen-bond acceptors (Lipinski definition) is 6. The monoisotopic (exact) mass is 439 g/mol. The largest absolute Gasteiger partial charge is 0.380 e. The Morgan fingerprint density at radius 2 is 1.94 bits per heavy atom. The first-order valence-corrected chi connectivity index (χ1v) is 10.9. The molecule has 0 atom stereocenters. The van der Waals surface area contributed by atoms with Crippen molar-refractivity contribution in [2.24, 2.45) is 5.14 Å². The molecule has 2 aromatic carbocycles. The highest BCUT2D eigenvalue weighted by Gasteiger charge is 2.20. The highest BCUT2D eigenvalue weighted by Crippen LogP contribution is 2.25. The lowest BCUT2D eigenvalue weighted by molar-refractivity contribution is 0.488. The van der Waals surface area contributed by atoms with Crippen LogP contribution in [0.2, 0.25) is 0 Å². The Kier molecular flexibility index (Phi) is 8.07. The van der Waals surface area contributed by atoms with E-state index in [1.807, 2.05) is 32.9 Å². The van der Waals surface area contributed by atoms with Crippen LogP contribution in [-0.2, 0) is 22.3 Å². The van der Waals surface area contributed by atoms with Gasteiger partial charge in [0, 0.05) is 0 Å². The third kappa shape index (κ3) is 8.04. The Balaban J connectivity index is 0.000000262. The summed E-state index contributed by atoms with van der Waals surface area (Å²) in [5.41, 5.74) is 2.73. The SMILES string of the molecule is C/C=C/c1cc(Cn2cncn2)cc(C(C)(C)C#N)c1.NS(=O)(=O)Oc1ccccc1. The Morgan fingerprint density at radius 3 is 2.48 bits per heavy atom. The molecule has 0 aliphatic heterocycles. The number of benzene rings is 2. The van der Waals surface area contributed by atoms with Gasteiger partial charge in [-0.15, -0.1) is 0 Å². The average Bonchev–Trinajstić information content (AvgIpc) is 3.21. The number of rotatable bonds is 6. The summed E-state index contributed by atoms with van der Waals surface area (Å²) in [4.78, 5) is 3.95. The van der Waals surface area contributed by atoms with Crippen LogP contribution in [0.15, 0.2) is 67.3 Å². The molecule has 3 rings (SSSR count). The number of allylic oxidation sites excluding steroid dienone is 1. The molecule has 2 N–H and O–H groups in total. The summed E-state index contributed by atoms with van der Waals surface area (Å²) in [5, 5.41) is 18.1. The molecule has 0 radical (unpaired) electrons. The first-order chi connectivity index (χ1) is 14.6. The van der Waals surface area contributed by atoms with E-state index in [1.54, 1.807) is 29.2 Å². The van der Waals surface area contributed by atoms with E-state index in [4.69, 9.17) is 0 Å². The van der Waals surface area contributed by atoms with Crippen molar-refractivity contribution < 1.29 is 12.6 Å². The maximum Gasteiger partial charge on any atom is 0.380 e. The number of aromatic nitrogens is 3. The van der Waals surface area contributed by atoms with Gasteiger partial charge in [0.25, 0.3) is 0 Å². The van der Waals surface area contributed by atoms with E-state index in [0.717, 1.165) is 16.7 Å². The second kappa shape index (κ2) is 10.5. The zero-order valence-corrected chi connectivity index (χ0v) is 18.5. The molecular weight excluding hydrogens is 414 g/mol. The molecule has 0 unspecified atom stereocenters. The van der Waals surface area contributed by atoms with Crippen molar-refractivity contribution in [1.29, 1.82) is 5.26 Å². The molecule has 0 aliphatic carbocycles. The minimum absolute atomic E-state index is 0.218. The molecule has 3 aromatic rings. The third-order valence-corrected chi connectivity index (χ3v) is 4.57. The number of nitrogens with two attached hydrogens (primary N) is 1. The fourth-order valence-electron chi connectivity index (χ4n) is 2.64. The van der Waals surface area contributed by atoms with Crippen molar-refractivity contribution in [3.63, 3.8) is 0 Å². The minimum Gasteiger partial charge on any atom is -0.371 e. The Bertz CT molecular complexity index is 1150. The first kappa shape index (κ1) is 23.8. The average molecular weight is 440 g/mol. The van der Waals surface area contributed by atoms with Crippen molar-refractivity contribution in [2.45, 2.75) is 32.7 Å². The van der Waals surface area contributed by atoms with Crippen molar-refractivity contribution in [2.75, 3.05) is 0 Å². The van der Waals surface area contributed by atoms with Crippen LogP contribution in [0.1, 0.15) is 37.5 Å². The van der Waals surface area contributed by atoms with Gasteiger partial charge in [-0.2, -0.15) is 23.9 Å². The normalized spacial score (nSPS) is 11.5. The molecule has 0 spiro atoms. The number of hydrogen-bond donors (Lipinski definition) is 1. The van der Waals surface area contributed by atoms with E-state index in [9.17, 15) is 13.7 Å². The number of para-hydroxylation sites is 1. The first-order valence-electron chi connectivity index (χ1n) is 9.41. The van der Waals surface area contributed by atoms with E-state index in [0.29, 0.717) is 6.54 Å². The predicted octanol–water partition coefficient (Wildman–Crippen LogP) is 3.43. The molecule has 1 heterocycles. The van der Waals surface area contributed by atoms with Gasteiger partial charge in [0.15, 0.2) is 0 Å². The molecule has 0 saturated heterocycles. The van der Waals surface area contributed by atoms with Gasteiger partial charge >= 0.3 is 10.3 Å². The summed E-state index contributed by atoms with van der Waals surface area (Å²) >= 11 is 0. The van der Waals surface area contributed by atoms with Crippen molar-refractivity contribution in [3.8, 4) is 11.8 Å². The number of nitrogens with zero attached hydrogens (tertiary/aromatic N) is 4. The maximum atomic E-state index is 10.4. The topological polar surface area (TPSA) is 124 Å². The van der Waals surface area contributed by atoms with Crippen molar-refractivity contribution >= 4 is 16.4 Å². The molecule has 0 aliphatic rings. The summed E-state index contributed by atoms with van der Waals surface area (Å²) in [7, 11) is -3.88. The Labute approximate surface area is 182 Å². The molecule has 0 bridgehead atoms. The molecule has 0 saturated carbocycles. The lowest BCUT2D eigenvalue weighted by Crippen LogP contribution is -2.18. The zero-order chi connectivity index (χ0) is 22.9. The Hall–Kier alpha value is -3.48. The van der Waals surface area contributed by atoms with Gasteiger partial charge in [0.1, 0.15) is 18.4 Å². The van der Waals surface area contributed by atoms with Gasteiger partial charge in [-0.3, -0.25) is 0 Å². The predicted molar refractivity (Wildman–Crippen MR) is 119 cm³/mol. The Morgan fingerprint density at radius 1 is 1.23 bits per heavy atom. The minimum atomic E-state index is -3.88. The van der Waals surface area contributed by atoms with Gasteiger partial charge in [0.05, 0.1) is 18.0 Å². The molecule has 9 heteroatoms. The molecule has 31 heavy (non-hydrogen) atoms. The second-order valence-corrected chi connectivity index (χ2v) is 8.33. The lowest BCUT2D eigenvalue weighted by Gasteiger charge is -2.18. The standard InChI is InChI=1S/C16H18N4.C6H7NO3S/c1-4-5-13-6-14(9-20-12-18-11-19-20)8-15(7-13)16(2,3)10-17;7-11(8,9)10-6-4-2-1-3-5-6/h4-8,11-12H,9H2,1-3H3;1-5H,(H2,7,8,9)/b5-4+;. The molecular formula is C22H25N5O3S. The van der Waals surface area contributed by atoms with Crippen LogP contribution in [0.25, 0.3) is 6.08 Å². The van der Waals surface area contributed by atoms with E-state index < -0.39 is 15.7 Å². The van der Waals surface area contributed by atoms with Gasteiger partial charge in [0.2, 0.25) is 0 Å². The van der Waals surface area contributed by atoms with Gasteiger partial charge in [-0.1, -0.05) is 42.5 Å². The maximum absolute atomic E-state index is 10.4. The van der Waals surface area contributed by atoms with Crippen LogP contribution in [0.4, 0.5) is 0 Å². The summed E-state index contributed by atoms with van der Waals surface area (Å²) in [6.45, 7) is 6.50. The fraction of sp³-hybridized carbons (Fsp3) is 0.227. The molecule has 0 fully saturated rings. The van der Waals surface area contributed by atoms with Crippen LogP contribution in [0, 0.1) is 11.3 Å². The molecule has 0 amide bonds. The molecule has 8 nitrogen and oxygen atoms in total. The fourth-order valence-corrected chi connectivity index (χ4v) is 3.01. The van der Waals surface area contributed by atoms with Crippen LogP contribution >= 0.6 is 0 Å². The second-order valence-electron chi connectivity index (χ2n) is 7.18. The van der Waals surface area contributed by atoms with E-state index in [2.05, 4.69) is 43.7 Å². The van der Waals surface area contributed by atoms with Crippen molar-refractivity contribution in [1.82, 2.24) is 14.8 Å². The summed E-state index contributed by atoms with van der Waals surface area (Å²) < 4.78 is 26.8.